The zero-order chi connectivity index (χ0) is 23.1. The molecule has 2 aromatic carbocycles. The van der Waals surface area contributed by atoms with Crippen molar-refractivity contribution in [1.29, 1.82) is 0 Å². The van der Waals surface area contributed by atoms with Crippen molar-refractivity contribution in [2.75, 3.05) is 6.61 Å². The smallest absolute Gasteiger partial charge is 0.261 e. The highest BCUT2D eigenvalue weighted by molar-refractivity contribution is 5.88. The minimum absolute atomic E-state index is 0.0994. The molecule has 3 rings (SSSR count). The maximum atomic E-state index is 13.3. The van der Waals surface area contributed by atoms with Gasteiger partial charge in [0.05, 0.1) is 0 Å². The van der Waals surface area contributed by atoms with Crippen LogP contribution in [0.4, 0.5) is 0 Å². The second-order valence-electron chi connectivity index (χ2n) is 9.71. The number of hydrogen-bond donors (Lipinski definition) is 1. The van der Waals surface area contributed by atoms with Gasteiger partial charge in [0.2, 0.25) is 5.91 Å². The molecule has 0 bridgehead atoms. The number of ether oxygens (including phenoxy) is 1. The number of para-hydroxylation sites is 1. The Morgan fingerprint density at radius 3 is 2.31 bits per heavy atom. The Bertz CT molecular complexity index is 899. The number of rotatable bonds is 8. The summed E-state index contributed by atoms with van der Waals surface area (Å²) in [5.74, 6) is 0.402. The topological polar surface area (TPSA) is 58.6 Å². The van der Waals surface area contributed by atoms with Gasteiger partial charge in [-0.15, -0.1) is 0 Å². The van der Waals surface area contributed by atoms with E-state index in [2.05, 4.69) is 26.1 Å². The van der Waals surface area contributed by atoms with E-state index in [1.165, 1.54) is 0 Å². The van der Waals surface area contributed by atoms with Crippen molar-refractivity contribution < 1.29 is 14.3 Å². The molecule has 1 aliphatic carbocycles. The Morgan fingerprint density at radius 2 is 1.66 bits per heavy atom. The van der Waals surface area contributed by atoms with Gasteiger partial charge in [-0.05, 0) is 42.4 Å². The predicted octanol–water partition coefficient (Wildman–Crippen LogP) is 4.84. The van der Waals surface area contributed by atoms with Gasteiger partial charge in [-0.25, -0.2) is 0 Å². The average molecular weight is 437 g/mol. The molecular formula is C27H36N2O3. The van der Waals surface area contributed by atoms with Crippen molar-refractivity contribution in [2.24, 2.45) is 0 Å². The van der Waals surface area contributed by atoms with E-state index in [9.17, 15) is 9.59 Å². The van der Waals surface area contributed by atoms with Crippen LogP contribution in [0.5, 0.6) is 5.75 Å². The third kappa shape index (κ3) is 6.35. The molecule has 32 heavy (non-hydrogen) atoms. The molecule has 0 unspecified atom stereocenters. The van der Waals surface area contributed by atoms with Gasteiger partial charge in [-0.1, -0.05) is 82.1 Å². The predicted molar refractivity (Wildman–Crippen MR) is 127 cm³/mol. The Morgan fingerprint density at radius 1 is 1.03 bits per heavy atom. The van der Waals surface area contributed by atoms with Crippen molar-refractivity contribution in [2.45, 2.75) is 77.4 Å². The van der Waals surface area contributed by atoms with Crippen LogP contribution in [0, 0.1) is 0 Å². The lowest BCUT2D eigenvalue weighted by atomic mass is 9.86. The summed E-state index contributed by atoms with van der Waals surface area (Å²) in [6.07, 6.45) is 4.32. The molecule has 0 spiro atoms. The van der Waals surface area contributed by atoms with Crippen molar-refractivity contribution in [1.82, 2.24) is 10.2 Å². The lowest BCUT2D eigenvalue weighted by Crippen LogP contribution is -2.50. The molecule has 0 heterocycles. The number of nitrogens with zero attached hydrogens (tertiary/aromatic N) is 1. The third-order valence-electron chi connectivity index (χ3n) is 6.11. The molecule has 1 fully saturated rings. The highest BCUT2D eigenvalue weighted by atomic mass is 16.5. The van der Waals surface area contributed by atoms with Gasteiger partial charge < -0.3 is 15.0 Å². The van der Waals surface area contributed by atoms with Crippen LogP contribution < -0.4 is 10.1 Å². The summed E-state index contributed by atoms with van der Waals surface area (Å²) in [4.78, 5) is 27.9. The van der Waals surface area contributed by atoms with E-state index in [0.29, 0.717) is 12.3 Å². The Hall–Kier alpha value is -2.82. The average Bonchev–Trinajstić information content (AvgIpc) is 3.28. The number of hydrogen-bond acceptors (Lipinski definition) is 3. The van der Waals surface area contributed by atoms with Crippen LogP contribution in [0.25, 0.3) is 0 Å². The molecule has 1 aliphatic rings. The quantitative estimate of drug-likeness (QED) is 0.644. The van der Waals surface area contributed by atoms with E-state index >= 15 is 0 Å². The summed E-state index contributed by atoms with van der Waals surface area (Å²) in [6, 6.07) is 17.2. The molecule has 0 saturated heterocycles. The summed E-state index contributed by atoms with van der Waals surface area (Å²) in [5.41, 5.74) is 1.93. The van der Waals surface area contributed by atoms with Gasteiger partial charge >= 0.3 is 0 Å². The Kier molecular flexibility index (Phi) is 7.94. The monoisotopic (exact) mass is 436 g/mol. The first kappa shape index (κ1) is 23.8. The fourth-order valence-corrected chi connectivity index (χ4v) is 4.19. The van der Waals surface area contributed by atoms with Crippen LogP contribution in [0.1, 0.15) is 64.5 Å². The molecule has 1 N–H and O–H groups in total. The van der Waals surface area contributed by atoms with Gasteiger partial charge in [0.1, 0.15) is 11.8 Å². The van der Waals surface area contributed by atoms with Crippen molar-refractivity contribution in [3.05, 3.63) is 65.7 Å². The number of benzene rings is 2. The number of nitrogens with one attached hydrogen (secondary N) is 1. The normalized spacial score (nSPS) is 15.2. The first-order valence-electron chi connectivity index (χ1n) is 11.6. The van der Waals surface area contributed by atoms with Crippen LogP contribution in [-0.4, -0.2) is 35.4 Å². The number of carbonyl (C=O) groups excluding carboxylic acids is 2. The van der Waals surface area contributed by atoms with Crippen LogP contribution in [0.3, 0.4) is 0 Å². The first-order chi connectivity index (χ1) is 15.3. The summed E-state index contributed by atoms with van der Waals surface area (Å²) in [5, 5.41) is 3.13. The zero-order valence-electron chi connectivity index (χ0n) is 19.8. The van der Waals surface area contributed by atoms with E-state index in [1.807, 2.05) is 54.6 Å². The Labute approximate surface area is 192 Å². The van der Waals surface area contributed by atoms with Crippen LogP contribution >= 0.6 is 0 Å². The molecule has 172 valence electrons. The van der Waals surface area contributed by atoms with Crippen LogP contribution in [-0.2, 0) is 21.5 Å². The second-order valence-corrected chi connectivity index (χ2v) is 9.71. The highest BCUT2D eigenvalue weighted by Crippen LogP contribution is 2.31. The molecule has 0 radical (unpaired) electrons. The van der Waals surface area contributed by atoms with Crippen LogP contribution in [0.15, 0.2) is 54.6 Å². The molecule has 5 nitrogen and oxygen atoms in total. The standard InChI is InChI=1S/C27H36N2O3/c1-20(26(31)28-22-14-8-9-15-22)29(18-21-12-6-5-7-13-21)25(30)19-32-24-17-11-10-16-23(24)27(2,3)4/h5-7,10-13,16-17,20,22H,8-9,14-15,18-19H2,1-4H3,(H,28,31)/t20-/m1/s1. The first-order valence-corrected chi connectivity index (χ1v) is 11.6. The van der Waals surface area contributed by atoms with Gasteiger partial charge in [0, 0.05) is 12.6 Å². The van der Waals surface area contributed by atoms with Crippen molar-refractivity contribution >= 4 is 11.8 Å². The molecule has 0 aliphatic heterocycles. The van der Waals surface area contributed by atoms with E-state index in [4.69, 9.17) is 4.74 Å². The molecule has 5 heteroatoms. The summed E-state index contributed by atoms with van der Waals surface area (Å²) in [6.45, 7) is 8.41. The van der Waals surface area contributed by atoms with Gasteiger partial charge in [0.25, 0.3) is 5.91 Å². The SMILES string of the molecule is C[C@H](C(=O)NC1CCCC1)N(Cc1ccccc1)C(=O)COc1ccccc1C(C)(C)C. The maximum absolute atomic E-state index is 13.3. The van der Waals surface area contributed by atoms with E-state index in [-0.39, 0.29) is 29.9 Å². The fourth-order valence-electron chi connectivity index (χ4n) is 4.19. The van der Waals surface area contributed by atoms with Crippen molar-refractivity contribution in [3.8, 4) is 5.75 Å². The largest absolute Gasteiger partial charge is 0.483 e. The van der Waals surface area contributed by atoms with Gasteiger partial charge in [-0.3, -0.25) is 9.59 Å². The number of amides is 2. The lowest BCUT2D eigenvalue weighted by molar-refractivity contribution is -0.142. The van der Waals surface area contributed by atoms with E-state index in [0.717, 1.165) is 36.8 Å². The fraction of sp³-hybridized carbons (Fsp3) is 0.481. The summed E-state index contributed by atoms with van der Waals surface area (Å²) >= 11 is 0. The lowest BCUT2D eigenvalue weighted by Gasteiger charge is -2.30. The molecular weight excluding hydrogens is 400 g/mol. The minimum Gasteiger partial charge on any atom is -0.483 e. The third-order valence-corrected chi connectivity index (χ3v) is 6.11. The van der Waals surface area contributed by atoms with E-state index in [1.54, 1.807) is 11.8 Å². The second kappa shape index (κ2) is 10.7. The summed E-state index contributed by atoms with van der Waals surface area (Å²) < 4.78 is 5.98. The van der Waals surface area contributed by atoms with Crippen molar-refractivity contribution in [3.63, 3.8) is 0 Å². The van der Waals surface area contributed by atoms with Gasteiger partial charge in [0.15, 0.2) is 6.61 Å². The molecule has 2 amide bonds. The zero-order valence-corrected chi connectivity index (χ0v) is 19.8. The minimum atomic E-state index is -0.579. The molecule has 0 aromatic heterocycles. The number of carbonyl (C=O) groups is 2. The van der Waals surface area contributed by atoms with Crippen LogP contribution in [0.2, 0.25) is 0 Å². The summed E-state index contributed by atoms with van der Waals surface area (Å²) in [7, 11) is 0. The molecule has 1 saturated carbocycles. The molecule has 1 atom stereocenters. The maximum Gasteiger partial charge on any atom is 0.261 e. The Balaban J connectivity index is 1.73. The van der Waals surface area contributed by atoms with E-state index < -0.39 is 6.04 Å². The molecule has 2 aromatic rings. The highest BCUT2D eigenvalue weighted by Gasteiger charge is 2.29. The van der Waals surface area contributed by atoms with Gasteiger partial charge in [-0.2, -0.15) is 0 Å².